The Morgan fingerprint density at radius 2 is 2.10 bits per heavy atom. The Labute approximate surface area is 127 Å². The molecule has 0 bridgehead atoms. The van der Waals surface area contributed by atoms with E-state index in [0.29, 0.717) is 0 Å². The van der Waals surface area contributed by atoms with E-state index in [-0.39, 0.29) is 12.0 Å². The van der Waals surface area contributed by atoms with Crippen molar-refractivity contribution in [2.75, 3.05) is 13.1 Å². The molecule has 0 saturated carbocycles. The van der Waals surface area contributed by atoms with Crippen LogP contribution in [-0.2, 0) is 9.53 Å². The molecule has 2 aliphatic heterocycles. The molecule has 0 spiro atoms. The number of benzene rings is 1. The monoisotopic (exact) mass is 300 g/mol. The highest BCUT2D eigenvalue weighted by atomic mass is 32.1. The zero-order valence-electron chi connectivity index (χ0n) is 11.6. The topological polar surface area (TPSA) is 41.9 Å². The summed E-state index contributed by atoms with van der Waals surface area (Å²) in [5.74, 6) is 0.0986. The molecule has 0 N–H and O–H groups in total. The summed E-state index contributed by atoms with van der Waals surface area (Å²) in [7, 11) is 0. The standard InChI is InChI=1S/C16H16N2O2S/c19-16(18-7-3-4-8-18)14-15(20-10-17-14)12-9-21-13-6-2-1-5-11(12)13/h1-2,5-6,9-10,14-15H,3-4,7-8H2/t14-,15+/m0/s1. The summed E-state index contributed by atoms with van der Waals surface area (Å²) in [5, 5.41) is 3.26. The van der Waals surface area contributed by atoms with Crippen molar-refractivity contribution >= 4 is 33.7 Å². The van der Waals surface area contributed by atoms with Crippen molar-refractivity contribution in [2.24, 2.45) is 4.99 Å². The minimum absolute atomic E-state index is 0.0986. The van der Waals surface area contributed by atoms with Crippen molar-refractivity contribution in [3.05, 3.63) is 35.2 Å². The molecule has 3 heterocycles. The number of carbonyl (C=O) groups excluding carboxylic acids is 1. The number of amides is 1. The number of fused-ring (bicyclic) bond motifs is 1. The van der Waals surface area contributed by atoms with Gasteiger partial charge in [0.2, 0.25) is 0 Å². The van der Waals surface area contributed by atoms with Crippen LogP contribution < -0.4 is 0 Å². The van der Waals surface area contributed by atoms with Crippen LogP contribution in [0.5, 0.6) is 0 Å². The van der Waals surface area contributed by atoms with Crippen molar-refractivity contribution in [2.45, 2.75) is 25.0 Å². The highest BCUT2D eigenvalue weighted by Gasteiger charge is 2.38. The Balaban J connectivity index is 1.66. The largest absolute Gasteiger partial charge is 0.473 e. The van der Waals surface area contributed by atoms with Crippen molar-refractivity contribution in [3.8, 4) is 0 Å². The quantitative estimate of drug-likeness (QED) is 0.855. The minimum atomic E-state index is -0.430. The first-order valence-electron chi connectivity index (χ1n) is 7.26. The fraction of sp³-hybridized carbons (Fsp3) is 0.375. The van der Waals surface area contributed by atoms with Gasteiger partial charge >= 0.3 is 0 Å². The SMILES string of the molecule is O=C([C@H]1N=CO[C@@H]1c1csc2ccccc12)N1CCCC1. The fourth-order valence-corrected chi connectivity index (χ4v) is 4.08. The van der Waals surface area contributed by atoms with Crippen LogP contribution in [0.4, 0.5) is 0 Å². The first-order valence-corrected chi connectivity index (χ1v) is 8.14. The van der Waals surface area contributed by atoms with E-state index < -0.39 is 6.04 Å². The van der Waals surface area contributed by atoms with Crippen LogP contribution in [0.15, 0.2) is 34.6 Å². The Bertz CT molecular complexity index is 703. The number of nitrogens with zero attached hydrogens (tertiary/aromatic N) is 2. The predicted molar refractivity (Wildman–Crippen MR) is 83.7 cm³/mol. The summed E-state index contributed by atoms with van der Waals surface area (Å²) in [5.41, 5.74) is 1.07. The second-order valence-electron chi connectivity index (χ2n) is 5.48. The second kappa shape index (κ2) is 5.15. The second-order valence-corrected chi connectivity index (χ2v) is 6.39. The van der Waals surface area contributed by atoms with Crippen molar-refractivity contribution in [1.82, 2.24) is 4.90 Å². The fourth-order valence-electron chi connectivity index (χ4n) is 3.10. The van der Waals surface area contributed by atoms with Crippen LogP contribution in [-0.4, -0.2) is 36.3 Å². The first-order chi connectivity index (χ1) is 10.3. The summed E-state index contributed by atoms with van der Waals surface area (Å²) in [4.78, 5) is 18.8. The highest BCUT2D eigenvalue weighted by Crippen LogP contribution is 2.36. The molecular formula is C16H16N2O2S. The molecule has 108 valence electrons. The number of carbonyl (C=O) groups is 1. The molecule has 2 aliphatic rings. The lowest BCUT2D eigenvalue weighted by atomic mass is 10.0. The molecule has 2 atom stereocenters. The summed E-state index contributed by atoms with van der Waals surface area (Å²) in [6.45, 7) is 1.70. The number of aliphatic imine (C=N–C) groups is 1. The van der Waals surface area contributed by atoms with Crippen LogP contribution in [0, 0.1) is 0 Å². The normalized spacial score (nSPS) is 24.7. The van der Waals surface area contributed by atoms with Gasteiger partial charge in [0.25, 0.3) is 5.91 Å². The van der Waals surface area contributed by atoms with Gasteiger partial charge in [-0.3, -0.25) is 4.79 Å². The lowest BCUT2D eigenvalue weighted by Crippen LogP contribution is -2.38. The van der Waals surface area contributed by atoms with Gasteiger partial charge < -0.3 is 9.64 Å². The molecule has 21 heavy (non-hydrogen) atoms. The van der Waals surface area contributed by atoms with Crippen LogP contribution in [0.3, 0.4) is 0 Å². The summed E-state index contributed by atoms with van der Waals surface area (Å²) < 4.78 is 6.88. The number of hydrogen-bond donors (Lipinski definition) is 0. The number of thiophene rings is 1. The van der Waals surface area contributed by atoms with E-state index in [9.17, 15) is 4.79 Å². The van der Waals surface area contributed by atoms with Gasteiger partial charge in [0.1, 0.15) is 0 Å². The maximum atomic E-state index is 12.6. The van der Waals surface area contributed by atoms with E-state index in [1.54, 1.807) is 11.3 Å². The lowest BCUT2D eigenvalue weighted by Gasteiger charge is -2.22. The van der Waals surface area contributed by atoms with Gasteiger partial charge in [-0.1, -0.05) is 18.2 Å². The Hall–Kier alpha value is -1.88. The number of ether oxygens (including phenoxy) is 1. The average Bonchev–Trinajstić information content (AvgIpc) is 3.25. The average molecular weight is 300 g/mol. The van der Waals surface area contributed by atoms with Crippen molar-refractivity contribution < 1.29 is 9.53 Å². The summed E-state index contributed by atoms with van der Waals surface area (Å²) >= 11 is 1.69. The van der Waals surface area contributed by atoms with Gasteiger partial charge in [0, 0.05) is 23.4 Å². The van der Waals surface area contributed by atoms with E-state index >= 15 is 0 Å². The third kappa shape index (κ3) is 2.12. The van der Waals surface area contributed by atoms with E-state index in [1.807, 2.05) is 17.0 Å². The molecule has 4 nitrogen and oxygen atoms in total. The maximum absolute atomic E-state index is 12.6. The summed E-state index contributed by atoms with van der Waals surface area (Å²) in [6, 6.07) is 7.80. The van der Waals surface area contributed by atoms with Gasteiger partial charge in [-0.2, -0.15) is 0 Å². The molecule has 1 amide bonds. The number of rotatable bonds is 2. The molecule has 0 radical (unpaired) electrons. The molecule has 2 aromatic rings. The van der Waals surface area contributed by atoms with Gasteiger partial charge in [0.05, 0.1) is 0 Å². The first kappa shape index (κ1) is 12.8. The molecule has 1 aromatic heterocycles. The Kier molecular flexibility index (Phi) is 3.15. The molecule has 0 unspecified atom stereocenters. The minimum Gasteiger partial charge on any atom is -0.473 e. The van der Waals surface area contributed by atoms with Gasteiger partial charge in [-0.25, -0.2) is 4.99 Å². The van der Waals surface area contributed by atoms with Crippen molar-refractivity contribution in [3.63, 3.8) is 0 Å². The van der Waals surface area contributed by atoms with E-state index in [0.717, 1.165) is 36.9 Å². The zero-order valence-corrected chi connectivity index (χ0v) is 12.4. The molecule has 4 rings (SSSR count). The zero-order chi connectivity index (χ0) is 14.2. The van der Waals surface area contributed by atoms with E-state index in [2.05, 4.69) is 22.5 Å². The van der Waals surface area contributed by atoms with Crippen LogP contribution in [0.2, 0.25) is 0 Å². The van der Waals surface area contributed by atoms with Gasteiger partial charge in [-0.15, -0.1) is 11.3 Å². The molecule has 1 fully saturated rings. The van der Waals surface area contributed by atoms with Crippen LogP contribution in [0.1, 0.15) is 24.5 Å². The smallest absolute Gasteiger partial charge is 0.251 e. The van der Waals surface area contributed by atoms with Gasteiger partial charge in [-0.05, 0) is 29.7 Å². The Morgan fingerprint density at radius 3 is 2.95 bits per heavy atom. The molecule has 1 saturated heterocycles. The number of hydrogen-bond acceptors (Lipinski definition) is 4. The molecular weight excluding hydrogens is 284 g/mol. The maximum Gasteiger partial charge on any atom is 0.251 e. The third-order valence-electron chi connectivity index (χ3n) is 4.20. The van der Waals surface area contributed by atoms with Crippen LogP contribution in [0.25, 0.3) is 10.1 Å². The third-order valence-corrected chi connectivity index (χ3v) is 5.19. The lowest BCUT2D eigenvalue weighted by molar-refractivity contribution is -0.133. The van der Waals surface area contributed by atoms with Crippen molar-refractivity contribution in [1.29, 1.82) is 0 Å². The Morgan fingerprint density at radius 1 is 1.29 bits per heavy atom. The molecule has 1 aromatic carbocycles. The molecule has 0 aliphatic carbocycles. The number of likely N-dealkylation sites (tertiary alicyclic amines) is 1. The van der Waals surface area contributed by atoms with Gasteiger partial charge in [0.15, 0.2) is 18.5 Å². The highest BCUT2D eigenvalue weighted by molar-refractivity contribution is 7.17. The van der Waals surface area contributed by atoms with E-state index in [1.165, 1.54) is 11.1 Å². The predicted octanol–water partition coefficient (Wildman–Crippen LogP) is 2.99. The van der Waals surface area contributed by atoms with Crippen LogP contribution >= 0.6 is 11.3 Å². The van der Waals surface area contributed by atoms with E-state index in [4.69, 9.17) is 4.74 Å². The summed E-state index contributed by atoms with van der Waals surface area (Å²) in [6.07, 6.45) is 3.34. The molecule has 5 heteroatoms.